The summed E-state index contributed by atoms with van der Waals surface area (Å²) >= 11 is 1.55. The maximum atomic E-state index is 12.8. The lowest BCUT2D eigenvalue weighted by Gasteiger charge is -2.12. The molecule has 0 atom stereocenters. The van der Waals surface area contributed by atoms with Crippen LogP contribution in [0.1, 0.15) is 23.0 Å². The van der Waals surface area contributed by atoms with E-state index in [-0.39, 0.29) is 5.78 Å². The van der Waals surface area contributed by atoms with Crippen LogP contribution in [0, 0.1) is 0 Å². The molecule has 0 fully saturated rings. The second kappa shape index (κ2) is 7.38. The van der Waals surface area contributed by atoms with Crippen molar-refractivity contribution in [2.24, 2.45) is 0 Å². The molecule has 0 radical (unpaired) electrons. The van der Waals surface area contributed by atoms with Gasteiger partial charge in [0.2, 0.25) is 0 Å². The molecule has 0 unspecified atom stereocenters. The molecule has 1 heterocycles. The van der Waals surface area contributed by atoms with Crippen LogP contribution < -0.4 is 4.74 Å². The Morgan fingerprint density at radius 3 is 2.78 bits per heavy atom. The number of ketones is 1. The minimum Gasteiger partial charge on any atom is -0.493 e. The summed E-state index contributed by atoms with van der Waals surface area (Å²) in [6, 6.07) is 15.6. The summed E-state index contributed by atoms with van der Waals surface area (Å²) in [7, 11) is 0. The van der Waals surface area contributed by atoms with Crippen molar-refractivity contribution in [3.63, 3.8) is 0 Å². The fourth-order valence-electron chi connectivity index (χ4n) is 2.53. The van der Waals surface area contributed by atoms with Gasteiger partial charge in [0.25, 0.3) is 0 Å². The van der Waals surface area contributed by atoms with Gasteiger partial charge in [0.05, 0.1) is 29.9 Å². The van der Waals surface area contributed by atoms with E-state index < -0.39 is 0 Å². The standard InChI is InChI=1S/C19H18O3S/c1-2-21-18-10-9-14-6-3-4-8-16(14)19(18)17(20)13-23-12-15-7-5-11-22-15/h3-11H,2,12-13H2,1H3. The van der Waals surface area contributed by atoms with Gasteiger partial charge in [-0.2, -0.15) is 0 Å². The van der Waals surface area contributed by atoms with E-state index in [9.17, 15) is 4.79 Å². The predicted molar refractivity (Wildman–Crippen MR) is 94.3 cm³/mol. The highest BCUT2D eigenvalue weighted by Crippen LogP contribution is 2.30. The van der Waals surface area contributed by atoms with E-state index in [1.807, 2.05) is 55.5 Å². The summed E-state index contributed by atoms with van der Waals surface area (Å²) < 4.78 is 11.0. The largest absolute Gasteiger partial charge is 0.493 e. The average molecular weight is 326 g/mol. The molecule has 0 spiro atoms. The molecule has 0 aliphatic carbocycles. The molecule has 0 amide bonds. The van der Waals surface area contributed by atoms with Gasteiger partial charge < -0.3 is 9.15 Å². The Hall–Kier alpha value is -2.20. The normalized spacial score (nSPS) is 10.8. The molecule has 0 saturated carbocycles. The molecule has 0 aliphatic heterocycles. The summed E-state index contributed by atoms with van der Waals surface area (Å²) in [6.45, 7) is 2.47. The Kier molecular flexibility index (Phi) is 5.03. The summed E-state index contributed by atoms with van der Waals surface area (Å²) in [4.78, 5) is 12.8. The average Bonchev–Trinajstić information content (AvgIpc) is 3.08. The lowest BCUT2D eigenvalue weighted by molar-refractivity contribution is 0.102. The minimum atomic E-state index is 0.0850. The molecule has 0 N–H and O–H groups in total. The van der Waals surface area contributed by atoms with E-state index in [4.69, 9.17) is 9.15 Å². The number of hydrogen-bond acceptors (Lipinski definition) is 4. The van der Waals surface area contributed by atoms with Gasteiger partial charge in [-0.3, -0.25) is 4.79 Å². The molecular weight excluding hydrogens is 308 g/mol. The number of carbonyl (C=O) groups is 1. The number of ether oxygens (including phenoxy) is 1. The van der Waals surface area contributed by atoms with Crippen LogP contribution in [0.5, 0.6) is 5.75 Å². The lowest BCUT2D eigenvalue weighted by atomic mass is 10.0. The SMILES string of the molecule is CCOc1ccc2ccccc2c1C(=O)CSCc1ccco1. The smallest absolute Gasteiger partial charge is 0.177 e. The molecule has 23 heavy (non-hydrogen) atoms. The van der Waals surface area contributed by atoms with Crippen LogP contribution in [0.2, 0.25) is 0 Å². The molecule has 3 aromatic rings. The van der Waals surface area contributed by atoms with E-state index in [0.717, 1.165) is 16.5 Å². The maximum Gasteiger partial charge on any atom is 0.177 e. The lowest BCUT2D eigenvalue weighted by Crippen LogP contribution is -2.07. The van der Waals surface area contributed by atoms with Gasteiger partial charge in [-0.05, 0) is 35.9 Å². The van der Waals surface area contributed by atoms with E-state index in [1.54, 1.807) is 18.0 Å². The highest BCUT2D eigenvalue weighted by atomic mass is 32.2. The number of rotatable bonds is 7. The monoisotopic (exact) mass is 326 g/mol. The number of benzene rings is 2. The van der Waals surface area contributed by atoms with Crippen molar-refractivity contribution in [1.29, 1.82) is 0 Å². The summed E-state index contributed by atoms with van der Waals surface area (Å²) in [5, 5.41) is 2.00. The molecule has 3 nitrogen and oxygen atoms in total. The van der Waals surface area contributed by atoms with Crippen molar-refractivity contribution in [1.82, 2.24) is 0 Å². The third-order valence-electron chi connectivity index (χ3n) is 3.53. The van der Waals surface area contributed by atoms with Crippen LogP contribution in [0.15, 0.2) is 59.2 Å². The van der Waals surface area contributed by atoms with E-state index in [0.29, 0.717) is 29.4 Å². The highest BCUT2D eigenvalue weighted by molar-refractivity contribution is 7.99. The highest BCUT2D eigenvalue weighted by Gasteiger charge is 2.16. The fourth-order valence-corrected chi connectivity index (χ4v) is 3.32. The van der Waals surface area contributed by atoms with Gasteiger partial charge in [0, 0.05) is 0 Å². The van der Waals surface area contributed by atoms with E-state index in [2.05, 4.69) is 0 Å². The second-order valence-corrected chi connectivity index (χ2v) is 6.07. The molecule has 3 rings (SSSR count). The third-order valence-corrected chi connectivity index (χ3v) is 4.48. The zero-order valence-electron chi connectivity index (χ0n) is 13.0. The molecule has 0 aliphatic rings. The van der Waals surface area contributed by atoms with Crippen LogP contribution in [0.3, 0.4) is 0 Å². The first kappa shape index (κ1) is 15.7. The summed E-state index contributed by atoms with van der Waals surface area (Å²) in [5.41, 5.74) is 0.678. The first-order valence-corrected chi connectivity index (χ1v) is 8.73. The first-order valence-electron chi connectivity index (χ1n) is 7.57. The number of hydrogen-bond donors (Lipinski definition) is 0. The summed E-state index contributed by atoms with van der Waals surface area (Å²) in [6.07, 6.45) is 1.65. The van der Waals surface area contributed by atoms with Gasteiger partial charge in [-0.1, -0.05) is 30.3 Å². The van der Waals surface area contributed by atoms with Crippen molar-refractivity contribution in [3.8, 4) is 5.75 Å². The van der Waals surface area contributed by atoms with Crippen molar-refractivity contribution in [2.75, 3.05) is 12.4 Å². The topological polar surface area (TPSA) is 39.4 Å². The van der Waals surface area contributed by atoms with Crippen LogP contribution in [-0.2, 0) is 5.75 Å². The Bertz CT molecular complexity index is 793. The molecule has 0 bridgehead atoms. The Morgan fingerprint density at radius 1 is 1.13 bits per heavy atom. The first-order chi connectivity index (χ1) is 11.3. The van der Waals surface area contributed by atoms with Gasteiger partial charge >= 0.3 is 0 Å². The maximum absolute atomic E-state index is 12.8. The van der Waals surface area contributed by atoms with Crippen molar-refractivity contribution in [3.05, 3.63) is 66.1 Å². The van der Waals surface area contributed by atoms with Crippen molar-refractivity contribution >= 4 is 28.3 Å². The Labute approximate surface area is 139 Å². The third kappa shape index (κ3) is 3.59. The number of carbonyl (C=O) groups excluding carboxylic acids is 1. The van der Waals surface area contributed by atoms with Crippen LogP contribution in [0.25, 0.3) is 10.8 Å². The number of thioether (sulfide) groups is 1. The number of Topliss-reactive ketones (excluding diaryl/α,β-unsaturated/α-hetero) is 1. The Balaban J connectivity index is 1.83. The molecule has 1 aromatic heterocycles. The molecule has 4 heteroatoms. The minimum absolute atomic E-state index is 0.0850. The van der Waals surface area contributed by atoms with Gasteiger partial charge in [0.1, 0.15) is 11.5 Å². The fraction of sp³-hybridized carbons (Fsp3) is 0.211. The number of fused-ring (bicyclic) bond motifs is 1. The van der Waals surface area contributed by atoms with Gasteiger partial charge in [0.15, 0.2) is 5.78 Å². The molecular formula is C19H18O3S. The molecule has 118 valence electrons. The zero-order valence-corrected chi connectivity index (χ0v) is 13.8. The number of furan rings is 1. The summed E-state index contributed by atoms with van der Waals surface area (Å²) in [5.74, 6) is 2.71. The van der Waals surface area contributed by atoms with Gasteiger partial charge in [-0.15, -0.1) is 11.8 Å². The van der Waals surface area contributed by atoms with Crippen molar-refractivity contribution in [2.45, 2.75) is 12.7 Å². The van der Waals surface area contributed by atoms with Crippen LogP contribution in [-0.4, -0.2) is 18.1 Å². The van der Waals surface area contributed by atoms with Crippen LogP contribution in [0.4, 0.5) is 0 Å². The van der Waals surface area contributed by atoms with E-state index >= 15 is 0 Å². The second-order valence-electron chi connectivity index (χ2n) is 5.09. The predicted octanol–water partition coefficient (Wildman–Crippen LogP) is 4.95. The van der Waals surface area contributed by atoms with Gasteiger partial charge in [-0.25, -0.2) is 0 Å². The molecule has 0 saturated heterocycles. The Morgan fingerprint density at radius 2 is 2.00 bits per heavy atom. The quantitative estimate of drug-likeness (QED) is 0.576. The van der Waals surface area contributed by atoms with Crippen LogP contribution >= 0.6 is 11.8 Å². The van der Waals surface area contributed by atoms with Crippen molar-refractivity contribution < 1.29 is 13.9 Å². The zero-order chi connectivity index (χ0) is 16.1. The molecule has 2 aromatic carbocycles. The van der Waals surface area contributed by atoms with E-state index in [1.165, 1.54) is 0 Å².